The summed E-state index contributed by atoms with van der Waals surface area (Å²) < 4.78 is 63.5. The minimum atomic E-state index is -4.71. The Balaban J connectivity index is 2.90. The number of halogens is 1. The Morgan fingerprint density at radius 2 is 1.48 bits per heavy atom. The van der Waals surface area contributed by atoms with Crippen molar-refractivity contribution < 1.29 is 35.8 Å². The molecule has 2 aromatic carbocycles. The first-order valence-electron chi connectivity index (χ1n) is 6.22. The number of carbonyl (C=O) groups excluding carboxylic acids is 1. The summed E-state index contributed by atoms with van der Waals surface area (Å²) >= 11 is 2.83. The van der Waals surface area contributed by atoms with Gasteiger partial charge in [-0.2, -0.15) is 16.8 Å². The maximum Gasteiger partial charge on any atom is 0.294 e. The summed E-state index contributed by atoms with van der Waals surface area (Å²) in [6.45, 7) is 3.33. The maximum absolute atomic E-state index is 11.8. The largest absolute Gasteiger partial charge is 0.507 e. The molecule has 0 saturated heterocycles. The van der Waals surface area contributed by atoms with Gasteiger partial charge in [0.25, 0.3) is 26.1 Å². The molecule has 0 aromatic heterocycles. The molecule has 0 aliphatic heterocycles. The van der Waals surface area contributed by atoms with Crippen molar-refractivity contribution in [1.29, 1.82) is 0 Å². The highest BCUT2D eigenvalue weighted by Gasteiger charge is 2.20. The fourth-order valence-corrected chi connectivity index (χ4v) is 3.20. The number of carbonyl (C=O) groups is 1. The van der Waals surface area contributed by atoms with Crippen LogP contribution in [-0.2, 0) is 25.0 Å². The van der Waals surface area contributed by atoms with Crippen LogP contribution in [0.2, 0.25) is 0 Å². The van der Waals surface area contributed by atoms with Gasteiger partial charge in [-0.15, -0.1) is 0 Å². The van der Waals surface area contributed by atoms with Crippen molar-refractivity contribution in [2.75, 3.05) is 5.32 Å². The Morgan fingerprint density at radius 3 is 1.92 bits per heavy atom. The molecule has 25 heavy (non-hydrogen) atoms. The van der Waals surface area contributed by atoms with Gasteiger partial charge in [0, 0.05) is 11.5 Å². The lowest BCUT2D eigenvalue weighted by atomic mass is 10.1. The maximum atomic E-state index is 11.8. The highest BCUT2D eigenvalue weighted by Crippen LogP contribution is 2.36. The minimum Gasteiger partial charge on any atom is -0.507 e. The second-order valence-electron chi connectivity index (χ2n) is 4.82. The van der Waals surface area contributed by atoms with Crippen molar-refractivity contribution in [2.45, 2.75) is 9.79 Å². The molecular weight excluding hydrogens is 442 g/mol. The van der Waals surface area contributed by atoms with Crippen molar-refractivity contribution in [3.05, 3.63) is 35.3 Å². The minimum absolute atomic E-state index is 0.105. The number of phenolic OH excluding ortho intramolecular Hbond substituents is 1. The van der Waals surface area contributed by atoms with Gasteiger partial charge in [0.1, 0.15) is 5.75 Å². The summed E-state index contributed by atoms with van der Waals surface area (Å²) in [5.74, 6) is -1.42. The van der Waals surface area contributed by atoms with Crippen LogP contribution in [0.15, 0.2) is 45.1 Å². The van der Waals surface area contributed by atoms with Crippen molar-refractivity contribution in [3.8, 4) is 5.75 Å². The van der Waals surface area contributed by atoms with E-state index in [1.165, 1.54) is 0 Å². The summed E-state index contributed by atoms with van der Waals surface area (Å²) in [4.78, 5) is 10.4. The van der Waals surface area contributed by atoms with E-state index in [1.54, 1.807) is 0 Å². The average molecular weight is 452 g/mol. The number of hydrogen-bond acceptors (Lipinski definition) is 6. The monoisotopic (exact) mass is 451 g/mol. The zero-order chi connectivity index (χ0) is 19.2. The fraction of sp³-hybridized carbons (Fsp3) is 0. The summed E-state index contributed by atoms with van der Waals surface area (Å²) in [6.07, 6.45) is 0. The molecule has 9 nitrogen and oxygen atoms in total. The van der Waals surface area contributed by atoms with Crippen LogP contribution < -0.4 is 5.32 Å². The predicted octanol–water partition coefficient (Wildman–Crippen LogP) is 1.89. The number of rotatable bonds is 4. The number of fused-ring (bicyclic) bond motifs is 1. The molecule has 2 aromatic rings. The van der Waals surface area contributed by atoms with Gasteiger partial charge in [0.05, 0.1) is 20.0 Å². The number of phenols is 1. The smallest absolute Gasteiger partial charge is 0.294 e. The van der Waals surface area contributed by atoms with Gasteiger partial charge >= 0.3 is 0 Å². The SMILES string of the molecule is C=C(Br)C(=O)Nc1cc(S(=O)(=O)O)cc2cc(S(=O)(=O)O)cc(O)c12. The molecular formula is C13H10BrNO8S2. The van der Waals surface area contributed by atoms with Crippen LogP contribution in [-0.4, -0.2) is 37.0 Å². The Morgan fingerprint density at radius 1 is 1.00 bits per heavy atom. The van der Waals surface area contributed by atoms with Crippen molar-refractivity contribution in [3.63, 3.8) is 0 Å². The summed E-state index contributed by atoms with van der Waals surface area (Å²) in [6, 6.07) is 3.34. The third kappa shape index (κ3) is 4.16. The molecule has 0 radical (unpaired) electrons. The molecule has 0 spiro atoms. The van der Waals surface area contributed by atoms with Crippen LogP contribution in [0.1, 0.15) is 0 Å². The van der Waals surface area contributed by atoms with E-state index in [9.17, 15) is 31.3 Å². The topological polar surface area (TPSA) is 158 Å². The highest BCUT2D eigenvalue weighted by molar-refractivity contribution is 9.12. The Labute approximate surface area is 150 Å². The van der Waals surface area contributed by atoms with E-state index >= 15 is 0 Å². The molecule has 4 N–H and O–H groups in total. The molecule has 0 aliphatic carbocycles. The van der Waals surface area contributed by atoms with E-state index in [2.05, 4.69) is 27.8 Å². The number of nitrogens with one attached hydrogen (secondary N) is 1. The molecule has 12 heteroatoms. The zero-order valence-corrected chi connectivity index (χ0v) is 15.3. The Bertz CT molecular complexity index is 1120. The first-order chi connectivity index (χ1) is 11.3. The summed E-state index contributed by atoms with van der Waals surface area (Å²) in [5.41, 5.74) is -0.227. The quantitative estimate of drug-likeness (QED) is 0.405. The van der Waals surface area contributed by atoms with E-state index in [0.29, 0.717) is 0 Å². The summed E-state index contributed by atoms with van der Waals surface area (Å²) in [7, 11) is -9.41. The summed E-state index contributed by atoms with van der Waals surface area (Å²) in [5, 5.41) is 12.1. The van der Waals surface area contributed by atoms with Crippen LogP contribution in [0.5, 0.6) is 5.75 Å². The normalized spacial score (nSPS) is 12.1. The second kappa shape index (κ2) is 6.38. The standard InChI is InChI=1S/C13H10BrNO8S2/c1-6(14)13(17)15-10-4-8(24(18,19)20)2-7-3-9(25(21,22)23)5-11(16)12(7)10/h2-5,16H,1H2,(H,15,17)(H,18,19,20)(H,21,22,23). The molecule has 0 aliphatic rings. The van der Waals surface area contributed by atoms with Gasteiger partial charge in [0.15, 0.2) is 0 Å². The van der Waals surface area contributed by atoms with Crippen molar-refractivity contribution >= 4 is 58.5 Å². The number of hydrogen-bond donors (Lipinski definition) is 4. The number of benzene rings is 2. The zero-order valence-electron chi connectivity index (χ0n) is 12.1. The van der Waals surface area contributed by atoms with E-state index in [-0.39, 0.29) is 20.9 Å². The predicted molar refractivity (Wildman–Crippen MR) is 91.9 cm³/mol. The lowest BCUT2D eigenvalue weighted by molar-refractivity contribution is -0.112. The molecule has 1 amide bonds. The van der Waals surface area contributed by atoms with Crippen LogP contribution in [0.25, 0.3) is 10.8 Å². The van der Waals surface area contributed by atoms with E-state index in [4.69, 9.17) is 4.55 Å². The average Bonchev–Trinajstić information content (AvgIpc) is 2.44. The molecule has 0 heterocycles. The van der Waals surface area contributed by atoms with Gasteiger partial charge in [-0.3, -0.25) is 13.9 Å². The fourth-order valence-electron chi connectivity index (χ4n) is 2.03. The molecule has 134 valence electrons. The van der Waals surface area contributed by atoms with E-state index in [1.807, 2.05) is 0 Å². The lowest BCUT2D eigenvalue weighted by Crippen LogP contribution is -2.12. The number of amides is 1. The second-order valence-corrected chi connectivity index (χ2v) is 8.62. The number of anilines is 1. The van der Waals surface area contributed by atoms with Crippen LogP contribution >= 0.6 is 15.9 Å². The van der Waals surface area contributed by atoms with Crippen molar-refractivity contribution in [1.82, 2.24) is 0 Å². The van der Waals surface area contributed by atoms with Gasteiger partial charge in [-0.1, -0.05) is 6.58 Å². The first-order valence-corrected chi connectivity index (χ1v) is 9.89. The van der Waals surface area contributed by atoms with Crippen LogP contribution in [0.3, 0.4) is 0 Å². The molecule has 2 rings (SSSR count). The van der Waals surface area contributed by atoms with Crippen LogP contribution in [0.4, 0.5) is 5.69 Å². The third-order valence-corrected chi connectivity index (χ3v) is 5.09. The molecule has 0 fully saturated rings. The third-order valence-electron chi connectivity index (χ3n) is 3.07. The van der Waals surface area contributed by atoms with Gasteiger partial charge in [-0.05, 0) is 39.5 Å². The van der Waals surface area contributed by atoms with Crippen LogP contribution in [0, 0.1) is 0 Å². The van der Waals surface area contributed by atoms with E-state index in [0.717, 1.165) is 24.3 Å². The van der Waals surface area contributed by atoms with Gasteiger partial charge < -0.3 is 10.4 Å². The highest BCUT2D eigenvalue weighted by atomic mass is 79.9. The lowest BCUT2D eigenvalue weighted by Gasteiger charge is -2.13. The molecule has 0 bridgehead atoms. The molecule has 0 unspecified atom stereocenters. The van der Waals surface area contributed by atoms with Gasteiger partial charge in [-0.25, -0.2) is 0 Å². The Kier molecular flexibility index (Phi) is 4.94. The number of aromatic hydroxyl groups is 1. The Hall–Kier alpha value is -1.99. The van der Waals surface area contributed by atoms with Crippen molar-refractivity contribution in [2.24, 2.45) is 0 Å². The molecule has 0 atom stereocenters. The molecule has 0 saturated carbocycles. The van der Waals surface area contributed by atoms with Gasteiger partial charge in [0.2, 0.25) is 0 Å². The van der Waals surface area contributed by atoms with E-state index < -0.39 is 41.7 Å². The first kappa shape index (κ1) is 19.3.